The van der Waals surface area contributed by atoms with E-state index in [9.17, 15) is 4.79 Å². The predicted molar refractivity (Wildman–Crippen MR) is 88.1 cm³/mol. The largest absolute Gasteiger partial charge is 0.465 e. The first-order chi connectivity index (χ1) is 11.3. The number of hydrogen-bond acceptors (Lipinski definition) is 4. The highest BCUT2D eigenvalue weighted by Crippen LogP contribution is 2.19. The Balaban J connectivity index is 2.04. The van der Waals surface area contributed by atoms with Crippen LogP contribution >= 0.6 is 0 Å². The van der Waals surface area contributed by atoms with E-state index < -0.39 is 5.97 Å². The third kappa shape index (κ3) is 3.43. The van der Waals surface area contributed by atoms with Gasteiger partial charge >= 0.3 is 5.97 Å². The maximum Gasteiger partial charge on any atom is 0.341 e. The van der Waals surface area contributed by atoms with Gasteiger partial charge in [-0.15, -0.1) is 0 Å². The van der Waals surface area contributed by atoms with Gasteiger partial charge in [0.2, 0.25) is 0 Å². The van der Waals surface area contributed by atoms with Gasteiger partial charge in [0.05, 0.1) is 18.4 Å². The van der Waals surface area contributed by atoms with Crippen LogP contribution in [0.2, 0.25) is 0 Å². The summed E-state index contributed by atoms with van der Waals surface area (Å²) < 4.78 is 4.84. The number of ether oxygens (including phenoxy) is 1. The molecule has 23 heavy (non-hydrogen) atoms. The SMILES string of the molecule is COC(=O)c1cnc(-c2ccccc2)nc1Cc1ccccc1. The lowest BCUT2D eigenvalue weighted by Gasteiger charge is -2.09. The van der Waals surface area contributed by atoms with Crippen LogP contribution in [0.3, 0.4) is 0 Å². The van der Waals surface area contributed by atoms with Gasteiger partial charge in [0.15, 0.2) is 5.82 Å². The highest BCUT2D eigenvalue weighted by Gasteiger charge is 2.16. The van der Waals surface area contributed by atoms with Gasteiger partial charge in [-0.05, 0) is 5.56 Å². The molecule has 2 aromatic carbocycles. The molecule has 0 atom stereocenters. The van der Waals surface area contributed by atoms with Crippen molar-refractivity contribution in [2.24, 2.45) is 0 Å². The smallest absolute Gasteiger partial charge is 0.341 e. The van der Waals surface area contributed by atoms with E-state index in [1.165, 1.54) is 7.11 Å². The quantitative estimate of drug-likeness (QED) is 0.692. The van der Waals surface area contributed by atoms with E-state index in [0.29, 0.717) is 23.5 Å². The number of methoxy groups -OCH3 is 1. The molecule has 114 valence electrons. The summed E-state index contributed by atoms with van der Waals surface area (Å²) in [5, 5.41) is 0. The number of carbonyl (C=O) groups excluding carboxylic acids is 1. The Morgan fingerprint density at radius 2 is 1.65 bits per heavy atom. The zero-order chi connectivity index (χ0) is 16.1. The highest BCUT2D eigenvalue weighted by molar-refractivity contribution is 5.90. The second-order valence-corrected chi connectivity index (χ2v) is 5.07. The normalized spacial score (nSPS) is 10.3. The first-order valence-electron chi connectivity index (χ1n) is 7.31. The van der Waals surface area contributed by atoms with Crippen molar-refractivity contribution in [2.75, 3.05) is 7.11 Å². The number of rotatable bonds is 4. The Morgan fingerprint density at radius 3 is 2.30 bits per heavy atom. The molecule has 0 spiro atoms. The fraction of sp³-hybridized carbons (Fsp3) is 0.105. The minimum Gasteiger partial charge on any atom is -0.465 e. The summed E-state index contributed by atoms with van der Waals surface area (Å²) >= 11 is 0. The highest BCUT2D eigenvalue weighted by atomic mass is 16.5. The molecule has 3 rings (SSSR count). The molecule has 0 aliphatic carbocycles. The summed E-state index contributed by atoms with van der Waals surface area (Å²) in [4.78, 5) is 20.9. The number of benzene rings is 2. The Morgan fingerprint density at radius 1 is 1.00 bits per heavy atom. The molecule has 0 N–H and O–H groups in total. The van der Waals surface area contributed by atoms with Gasteiger partial charge in [-0.2, -0.15) is 0 Å². The average Bonchev–Trinajstić information content (AvgIpc) is 2.62. The maximum absolute atomic E-state index is 12.0. The molecule has 1 heterocycles. The maximum atomic E-state index is 12.0. The summed E-state index contributed by atoms with van der Waals surface area (Å²) in [6, 6.07) is 19.6. The van der Waals surface area contributed by atoms with Gasteiger partial charge in [0.25, 0.3) is 0 Å². The number of hydrogen-bond donors (Lipinski definition) is 0. The lowest BCUT2D eigenvalue weighted by atomic mass is 10.1. The van der Waals surface area contributed by atoms with E-state index >= 15 is 0 Å². The zero-order valence-corrected chi connectivity index (χ0v) is 12.8. The van der Waals surface area contributed by atoms with E-state index in [4.69, 9.17) is 4.74 Å². The molecule has 0 fully saturated rings. The van der Waals surface area contributed by atoms with Crippen LogP contribution in [0, 0.1) is 0 Å². The van der Waals surface area contributed by atoms with Crippen molar-refractivity contribution in [3.05, 3.63) is 83.7 Å². The summed E-state index contributed by atoms with van der Waals surface area (Å²) in [5.41, 5.74) is 3.06. The molecule has 3 aromatic rings. The third-order valence-electron chi connectivity index (χ3n) is 3.52. The van der Waals surface area contributed by atoms with E-state index in [2.05, 4.69) is 9.97 Å². The first kappa shape index (κ1) is 14.9. The van der Waals surface area contributed by atoms with Crippen LogP contribution < -0.4 is 0 Å². The Kier molecular flexibility index (Phi) is 4.43. The molecule has 4 nitrogen and oxygen atoms in total. The predicted octanol–water partition coefficient (Wildman–Crippen LogP) is 3.52. The summed E-state index contributed by atoms with van der Waals surface area (Å²) in [6.45, 7) is 0. The van der Waals surface area contributed by atoms with Crippen LogP contribution in [0.25, 0.3) is 11.4 Å². The second kappa shape index (κ2) is 6.83. The number of carbonyl (C=O) groups is 1. The number of aromatic nitrogens is 2. The third-order valence-corrected chi connectivity index (χ3v) is 3.52. The Hall–Kier alpha value is -3.01. The fourth-order valence-electron chi connectivity index (χ4n) is 2.35. The van der Waals surface area contributed by atoms with E-state index in [1.807, 2.05) is 60.7 Å². The summed E-state index contributed by atoms with van der Waals surface area (Å²) in [5.74, 6) is 0.180. The second-order valence-electron chi connectivity index (χ2n) is 5.07. The molecule has 0 aliphatic heterocycles. The van der Waals surface area contributed by atoms with E-state index in [-0.39, 0.29) is 0 Å². The molecular weight excluding hydrogens is 288 g/mol. The van der Waals surface area contributed by atoms with Crippen LogP contribution in [0.5, 0.6) is 0 Å². The van der Waals surface area contributed by atoms with Crippen LogP contribution in [0.4, 0.5) is 0 Å². The molecule has 4 heteroatoms. The Bertz CT molecular complexity index is 802. The van der Waals surface area contributed by atoms with Crippen LogP contribution in [-0.2, 0) is 11.2 Å². The Labute approximate surface area is 134 Å². The van der Waals surface area contributed by atoms with Crippen molar-refractivity contribution in [1.29, 1.82) is 0 Å². The van der Waals surface area contributed by atoms with Crippen molar-refractivity contribution < 1.29 is 9.53 Å². The van der Waals surface area contributed by atoms with Crippen molar-refractivity contribution >= 4 is 5.97 Å². The lowest BCUT2D eigenvalue weighted by Crippen LogP contribution is -2.10. The van der Waals surface area contributed by atoms with Crippen molar-refractivity contribution in [1.82, 2.24) is 9.97 Å². The molecular formula is C19H16N2O2. The standard InChI is InChI=1S/C19H16N2O2/c1-23-19(22)16-13-20-18(15-10-6-3-7-11-15)21-17(16)12-14-8-4-2-5-9-14/h2-11,13H,12H2,1H3. The zero-order valence-electron chi connectivity index (χ0n) is 12.8. The van der Waals surface area contributed by atoms with E-state index in [1.54, 1.807) is 6.20 Å². The summed E-state index contributed by atoms with van der Waals surface area (Å²) in [6.07, 6.45) is 2.09. The lowest BCUT2D eigenvalue weighted by molar-refractivity contribution is 0.0598. The molecule has 0 amide bonds. The molecule has 0 aliphatic rings. The van der Waals surface area contributed by atoms with Crippen molar-refractivity contribution in [2.45, 2.75) is 6.42 Å². The molecule has 0 saturated heterocycles. The van der Waals surface area contributed by atoms with Crippen LogP contribution in [-0.4, -0.2) is 23.0 Å². The molecule has 1 aromatic heterocycles. The van der Waals surface area contributed by atoms with Gasteiger partial charge in [0.1, 0.15) is 0 Å². The van der Waals surface area contributed by atoms with Gasteiger partial charge < -0.3 is 4.74 Å². The van der Waals surface area contributed by atoms with Gasteiger partial charge in [-0.25, -0.2) is 14.8 Å². The minimum absolute atomic E-state index is 0.399. The fourth-order valence-corrected chi connectivity index (χ4v) is 2.35. The van der Waals surface area contributed by atoms with Crippen LogP contribution in [0.15, 0.2) is 66.9 Å². The monoisotopic (exact) mass is 304 g/mol. The van der Waals surface area contributed by atoms with E-state index in [0.717, 1.165) is 11.1 Å². The number of esters is 1. The van der Waals surface area contributed by atoms with Crippen molar-refractivity contribution in [3.63, 3.8) is 0 Å². The molecule has 0 unspecified atom stereocenters. The molecule has 0 saturated carbocycles. The topological polar surface area (TPSA) is 52.1 Å². The first-order valence-corrected chi connectivity index (χ1v) is 7.31. The number of nitrogens with zero attached hydrogens (tertiary/aromatic N) is 2. The minimum atomic E-state index is -0.421. The average molecular weight is 304 g/mol. The van der Waals surface area contributed by atoms with Gasteiger partial charge in [0, 0.05) is 18.2 Å². The molecule has 0 radical (unpaired) electrons. The van der Waals surface area contributed by atoms with Crippen LogP contribution in [0.1, 0.15) is 21.6 Å². The summed E-state index contributed by atoms with van der Waals surface area (Å²) in [7, 11) is 1.36. The molecule has 0 bridgehead atoms. The van der Waals surface area contributed by atoms with Gasteiger partial charge in [-0.1, -0.05) is 60.7 Å². The van der Waals surface area contributed by atoms with Crippen molar-refractivity contribution in [3.8, 4) is 11.4 Å². The van der Waals surface area contributed by atoms with Gasteiger partial charge in [-0.3, -0.25) is 0 Å².